The molecule has 15 heteroatoms. The van der Waals surface area contributed by atoms with Gasteiger partial charge in [0, 0.05) is 73.1 Å². The molecule has 2 aromatic heterocycles. The van der Waals surface area contributed by atoms with Crippen LogP contribution in [-0.4, -0.2) is 118 Å². The third-order valence-corrected chi connectivity index (χ3v) is 15.3. The van der Waals surface area contributed by atoms with Crippen molar-refractivity contribution in [1.29, 1.82) is 0 Å². The molecule has 3 aliphatic heterocycles. The number of hydrogen-bond donors (Lipinski definition) is 2. The number of likely N-dealkylation sites (N-methyl/N-ethyl adjacent to an activating group) is 1. The summed E-state index contributed by atoms with van der Waals surface area (Å²) in [5.74, 6) is 3.11. The Balaban J connectivity index is 1.10. The average molecular weight is 926 g/mol. The van der Waals surface area contributed by atoms with Crippen molar-refractivity contribution >= 4 is 34.6 Å². The lowest BCUT2D eigenvalue weighted by Crippen LogP contribution is -2.62. The van der Waals surface area contributed by atoms with Crippen molar-refractivity contribution < 1.29 is 33.5 Å². The van der Waals surface area contributed by atoms with Crippen LogP contribution in [0.15, 0.2) is 60.8 Å². The van der Waals surface area contributed by atoms with Crippen LogP contribution in [0.1, 0.15) is 102 Å². The number of carbonyl (C=O) groups is 4. The van der Waals surface area contributed by atoms with E-state index in [-0.39, 0.29) is 49.1 Å². The van der Waals surface area contributed by atoms with E-state index in [0.717, 1.165) is 87.2 Å². The number of benzene rings is 2. The van der Waals surface area contributed by atoms with Gasteiger partial charge in [-0.3, -0.25) is 29.2 Å². The highest BCUT2D eigenvalue weighted by molar-refractivity contribution is 5.97. The number of likely N-dealkylation sites (tertiary alicyclic amines) is 1. The molecule has 3 amide bonds. The molecular weight excluding hydrogens is 861 g/mol. The second-order valence-electron chi connectivity index (χ2n) is 20.2. The van der Waals surface area contributed by atoms with Gasteiger partial charge in [0.1, 0.15) is 23.1 Å². The van der Waals surface area contributed by atoms with Crippen molar-refractivity contribution in [2.75, 3.05) is 40.4 Å². The number of methoxy groups -OCH3 is 1. The predicted octanol–water partition coefficient (Wildman–Crippen LogP) is 6.34. The summed E-state index contributed by atoms with van der Waals surface area (Å²) in [6, 6.07) is 15.4. The maximum absolute atomic E-state index is 14.9. The van der Waals surface area contributed by atoms with Crippen molar-refractivity contribution in [3.63, 3.8) is 0 Å². The zero-order valence-corrected chi connectivity index (χ0v) is 40.4. The first-order chi connectivity index (χ1) is 32.7. The summed E-state index contributed by atoms with van der Waals surface area (Å²) in [5.41, 5.74) is 10.5. The molecule has 5 aliphatic rings. The Morgan fingerprint density at radius 3 is 2.59 bits per heavy atom. The third kappa shape index (κ3) is 8.55. The van der Waals surface area contributed by atoms with Crippen LogP contribution < -0.4 is 10.7 Å². The second kappa shape index (κ2) is 19.1. The van der Waals surface area contributed by atoms with Gasteiger partial charge in [0.25, 0.3) is 17.9 Å². The number of aromatic nitrogens is 2. The number of nitroso groups, excluding NO2 is 1. The van der Waals surface area contributed by atoms with Gasteiger partial charge in [-0.25, -0.2) is 5.43 Å². The van der Waals surface area contributed by atoms with E-state index < -0.39 is 47.6 Å². The van der Waals surface area contributed by atoms with Crippen LogP contribution in [0.2, 0.25) is 0 Å². The number of rotatable bonds is 8. The van der Waals surface area contributed by atoms with Crippen molar-refractivity contribution in [2.24, 2.45) is 17.3 Å². The summed E-state index contributed by atoms with van der Waals surface area (Å²) in [5, 5.41) is 7.18. The number of aryl methyl sites for hydroxylation is 1. The lowest BCUT2D eigenvalue weighted by atomic mass is 9.67. The SMILES string of the molecule is CC#CC(=O)N1C[C@@H]([N+](=O)N(C)[C@H](C(=O)N[C@H]2Cc3cccc(c3)-c3ccc4c(c3)c3c(n4CC)-c4cccnc4[C@@H](OC)C3C(C)(C)COC(=O)[C@@H]3CCCN(N3)C2=O)C2CCCC2)[C@@H](C)C1. The van der Waals surface area contributed by atoms with Gasteiger partial charge in [-0.05, 0) is 97.9 Å². The molecule has 2 saturated heterocycles. The fourth-order valence-corrected chi connectivity index (χ4v) is 11.9. The van der Waals surface area contributed by atoms with E-state index in [0.29, 0.717) is 25.9 Å². The number of esters is 1. The van der Waals surface area contributed by atoms with Crippen LogP contribution >= 0.6 is 0 Å². The van der Waals surface area contributed by atoms with Gasteiger partial charge in [-0.15, -0.1) is 5.01 Å². The van der Waals surface area contributed by atoms with E-state index in [4.69, 9.17) is 14.5 Å². The van der Waals surface area contributed by atoms with Crippen LogP contribution in [0.5, 0.6) is 0 Å². The molecule has 6 bridgehead atoms. The van der Waals surface area contributed by atoms with Crippen molar-refractivity contribution in [3.8, 4) is 34.2 Å². The van der Waals surface area contributed by atoms with Gasteiger partial charge >= 0.3 is 5.97 Å². The summed E-state index contributed by atoms with van der Waals surface area (Å²) in [7, 11) is 3.36. The van der Waals surface area contributed by atoms with Gasteiger partial charge in [-0.2, -0.15) is 0 Å². The molecule has 2 aromatic carbocycles. The Labute approximate surface area is 398 Å². The number of nitrogens with zero attached hydrogens (tertiary/aromatic N) is 6. The highest BCUT2D eigenvalue weighted by Crippen LogP contribution is 2.57. The lowest BCUT2D eigenvalue weighted by Gasteiger charge is -2.42. The molecule has 2 N–H and O–H groups in total. The molecule has 7 atom stereocenters. The molecule has 4 aromatic rings. The number of fused-ring (bicyclic) bond motifs is 8. The van der Waals surface area contributed by atoms with E-state index in [2.05, 4.69) is 84.3 Å². The Morgan fingerprint density at radius 1 is 1.06 bits per heavy atom. The number of pyridine rings is 1. The summed E-state index contributed by atoms with van der Waals surface area (Å²) >= 11 is 0. The first-order valence-corrected chi connectivity index (χ1v) is 24.4. The summed E-state index contributed by atoms with van der Waals surface area (Å²) in [4.78, 5) is 78.5. The maximum Gasteiger partial charge on any atom is 0.324 e. The van der Waals surface area contributed by atoms with E-state index in [9.17, 15) is 24.1 Å². The minimum atomic E-state index is -1.05. The van der Waals surface area contributed by atoms with Crippen LogP contribution in [-0.2, 0) is 41.6 Å². The molecule has 2 aliphatic carbocycles. The van der Waals surface area contributed by atoms with E-state index in [1.165, 1.54) is 10.0 Å². The molecule has 1 unspecified atom stereocenters. The molecule has 1 saturated carbocycles. The molecular formula is C53H65N8O7+. The number of ether oxygens (including phenoxy) is 2. The lowest BCUT2D eigenvalue weighted by molar-refractivity contribution is -0.736. The number of cyclic esters (lactones) is 1. The summed E-state index contributed by atoms with van der Waals surface area (Å²) < 4.78 is 15.0. The average Bonchev–Trinajstić information content (AvgIpc) is 4.10. The molecule has 15 nitrogen and oxygen atoms in total. The summed E-state index contributed by atoms with van der Waals surface area (Å²) in [6.45, 7) is 11.6. The van der Waals surface area contributed by atoms with E-state index in [1.54, 1.807) is 32.2 Å². The minimum absolute atomic E-state index is 0.0803. The molecule has 358 valence electrons. The Hall–Kier alpha value is -6.11. The highest BCUT2D eigenvalue weighted by atomic mass is 16.5. The number of hydrogen-bond acceptors (Lipinski definition) is 9. The quantitative estimate of drug-likeness (QED) is 0.0886. The largest absolute Gasteiger partial charge is 0.464 e. The molecule has 9 rings (SSSR count). The molecule has 0 spiro atoms. The number of amides is 3. The Kier molecular flexibility index (Phi) is 13.2. The van der Waals surface area contributed by atoms with Crippen LogP contribution in [0.3, 0.4) is 0 Å². The fraction of sp³-hybridized carbons (Fsp3) is 0.528. The van der Waals surface area contributed by atoms with Crippen molar-refractivity contribution in [2.45, 2.75) is 122 Å². The van der Waals surface area contributed by atoms with Gasteiger partial charge in [0.2, 0.25) is 5.91 Å². The standard InChI is InChI=1S/C53H64N8O7/c1-8-15-43(62)58-29-32(3)42(30-58)61(66)57(6)47(34-17-10-11-18-34)50(63)55-40-27-33-16-12-19-35(26-33)36-22-23-41-38(28-36)44-45(49(67-7)46-37(20-13-24-54-46)48(44)59(41)9-2)53(4,5)31-68-52(65)39-21-14-25-60(56-39)51(40)64/h12-13,16,19-20,22-24,26,28,32,34,39-40,42,45,47,49,56H,9-11,14,17-18,21,25,27,29-31H2,1-7H3/p+1/t32-,39-,40-,42+,45?,47-,49-/m0/s1. The zero-order chi connectivity index (χ0) is 48.0. The molecule has 3 fully saturated rings. The fourth-order valence-electron chi connectivity index (χ4n) is 11.9. The third-order valence-electron chi connectivity index (χ3n) is 15.3. The first-order valence-electron chi connectivity index (χ1n) is 24.4. The van der Waals surface area contributed by atoms with Gasteiger partial charge in [0.05, 0.1) is 36.5 Å². The molecule has 0 radical (unpaired) electrons. The number of hydrazine groups is 2. The van der Waals surface area contributed by atoms with Crippen LogP contribution in [0.25, 0.3) is 33.3 Å². The maximum atomic E-state index is 14.9. The van der Waals surface area contributed by atoms with Crippen molar-refractivity contribution in [1.82, 2.24) is 35.2 Å². The smallest absolute Gasteiger partial charge is 0.324 e. The van der Waals surface area contributed by atoms with E-state index in [1.807, 2.05) is 25.1 Å². The Morgan fingerprint density at radius 2 is 1.84 bits per heavy atom. The first kappa shape index (κ1) is 47.0. The van der Waals surface area contributed by atoms with E-state index >= 15 is 0 Å². The normalized spacial score (nSPS) is 25.2. The summed E-state index contributed by atoms with van der Waals surface area (Å²) in [6.07, 6.45) is 5.90. The van der Waals surface area contributed by atoms with Gasteiger partial charge in [0.15, 0.2) is 6.04 Å². The topological polar surface area (TPSA) is 158 Å². The zero-order valence-electron chi connectivity index (χ0n) is 40.4. The predicted molar refractivity (Wildman–Crippen MR) is 257 cm³/mol. The van der Waals surface area contributed by atoms with Gasteiger partial charge in [-0.1, -0.05) is 69.9 Å². The molecule has 68 heavy (non-hydrogen) atoms. The van der Waals surface area contributed by atoms with Crippen LogP contribution in [0.4, 0.5) is 0 Å². The Bertz CT molecular complexity index is 2700. The number of nitrogens with one attached hydrogen (secondary N) is 2. The monoisotopic (exact) mass is 925 g/mol. The van der Waals surface area contributed by atoms with Crippen LogP contribution in [0, 0.1) is 34.0 Å². The number of carbonyl (C=O) groups excluding carboxylic acids is 4. The molecule has 5 heterocycles. The van der Waals surface area contributed by atoms with Gasteiger partial charge < -0.3 is 24.3 Å². The highest BCUT2D eigenvalue weighted by Gasteiger charge is 2.50. The second-order valence-corrected chi connectivity index (χ2v) is 20.2. The minimum Gasteiger partial charge on any atom is -0.464 e. The van der Waals surface area contributed by atoms with Crippen molar-refractivity contribution in [3.05, 3.63) is 82.5 Å².